The molecule has 0 saturated heterocycles. The zero-order valence-corrected chi connectivity index (χ0v) is 16.6. The first-order chi connectivity index (χ1) is 12.1. The Hall–Kier alpha value is -1.30. The number of unbranched alkanes of at least 4 members (excludes halogenated alkanes) is 1. The number of carbonyl (C=O) groups excluding carboxylic acids is 1. The molecular formula is C19H38N4O2. The molecule has 1 saturated carbocycles. The molecule has 0 aromatic carbocycles. The monoisotopic (exact) mass is 354 g/mol. The lowest BCUT2D eigenvalue weighted by Gasteiger charge is -2.24. The van der Waals surface area contributed by atoms with Crippen LogP contribution in [0.4, 0.5) is 0 Å². The van der Waals surface area contributed by atoms with E-state index in [4.69, 9.17) is 4.74 Å². The Labute approximate surface area is 153 Å². The molecule has 0 aromatic heterocycles. The number of carbonyl (C=O) groups is 1. The van der Waals surface area contributed by atoms with Gasteiger partial charge in [-0.1, -0.05) is 26.2 Å². The van der Waals surface area contributed by atoms with E-state index in [0.717, 1.165) is 44.9 Å². The molecule has 0 spiro atoms. The average molecular weight is 355 g/mol. The fraction of sp³-hybridized carbons (Fsp3) is 0.895. The van der Waals surface area contributed by atoms with E-state index in [1.54, 1.807) is 19.0 Å². The van der Waals surface area contributed by atoms with Gasteiger partial charge >= 0.3 is 0 Å². The van der Waals surface area contributed by atoms with Gasteiger partial charge in [-0.2, -0.15) is 0 Å². The molecule has 1 amide bonds. The van der Waals surface area contributed by atoms with Crippen LogP contribution < -0.4 is 10.6 Å². The SMILES string of the molecule is CCCCNC(=NCC(=O)N(C)C)NCCC(OCC)C1CCCC1. The molecule has 146 valence electrons. The van der Waals surface area contributed by atoms with E-state index in [1.807, 2.05) is 0 Å². The minimum atomic E-state index is 0.00902. The van der Waals surface area contributed by atoms with E-state index >= 15 is 0 Å². The summed E-state index contributed by atoms with van der Waals surface area (Å²) in [6.07, 6.45) is 8.78. The molecule has 1 aliphatic carbocycles. The van der Waals surface area contributed by atoms with Gasteiger partial charge in [0.05, 0.1) is 6.10 Å². The highest BCUT2D eigenvalue weighted by molar-refractivity contribution is 5.84. The first kappa shape index (κ1) is 21.7. The maximum absolute atomic E-state index is 11.8. The van der Waals surface area contributed by atoms with E-state index in [2.05, 4.69) is 29.5 Å². The van der Waals surface area contributed by atoms with Crippen molar-refractivity contribution in [3.63, 3.8) is 0 Å². The third-order valence-corrected chi connectivity index (χ3v) is 4.72. The van der Waals surface area contributed by atoms with Gasteiger partial charge in [-0.25, -0.2) is 4.99 Å². The van der Waals surface area contributed by atoms with Gasteiger partial charge in [-0.05, 0) is 38.5 Å². The smallest absolute Gasteiger partial charge is 0.243 e. The first-order valence-electron chi connectivity index (χ1n) is 9.92. The van der Waals surface area contributed by atoms with Gasteiger partial charge in [-0.3, -0.25) is 4.79 Å². The van der Waals surface area contributed by atoms with Crippen LogP contribution in [0.2, 0.25) is 0 Å². The van der Waals surface area contributed by atoms with E-state index < -0.39 is 0 Å². The molecule has 6 nitrogen and oxygen atoms in total. The Morgan fingerprint density at radius 2 is 1.88 bits per heavy atom. The topological polar surface area (TPSA) is 66.0 Å². The molecule has 0 radical (unpaired) electrons. The molecular weight excluding hydrogens is 316 g/mol. The second-order valence-electron chi connectivity index (χ2n) is 6.99. The van der Waals surface area contributed by atoms with Crippen LogP contribution >= 0.6 is 0 Å². The normalized spacial score (nSPS) is 16.7. The molecule has 1 atom stereocenters. The van der Waals surface area contributed by atoms with Gasteiger partial charge in [0.2, 0.25) is 5.91 Å². The maximum Gasteiger partial charge on any atom is 0.243 e. The summed E-state index contributed by atoms with van der Waals surface area (Å²) < 4.78 is 5.97. The predicted molar refractivity (Wildman–Crippen MR) is 104 cm³/mol. The van der Waals surface area contributed by atoms with E-state index in [-0.39, 0.29) is 12.5 Å². The van der Waals surface area contributed by atoms with Crippen LogP contribution in [0.5, 0.6) is 0 Å². The van der Waals surface area contributed by atoms with Gasteiger partial charge in [0.25, 0.3) is 0 Å². The quantitative estimate of drug-likeness (QED) is 0.340. The summed E-state index contributed by atoms with van der Waals surface area (Å²) in [5.41, 5.74) is 0. The summed E-state index contributed by atoms with van der Waals surface area (Å²) in [6, 6.07) is 0. The lowest BCUT2D eigenvalue weighted by Crippen LogP contribution is -2.40. The lowest BCUT2D eigenvalue weighted by molar-refractivity contribution is -0.127. The van der Waals surface area contributed by atoms with Crippen molar-refractivity contribution in [2.24, 2.45) is 10.9 Å². The number of nitrogens with one attached hydrogen (secondary N) is 2. The largest absolute Gasteiger partial charge is 0.378 e. The fourth-order valence-corrected chi connectivity index (χ4v) is 3.18. The van der Waals surface area contributed by atoms with Crippen molar-refractivity contribution in [2.45, 2.75) is 64.9 Å². The van der Waals surface area contributed by atoms with Gasteiger partial charge in [-0.15, -0.1) is 0 Å². The number of ether oxygens (including phenoxy) is 1. The van der Waals surface area contributed by atoms with Crippen LogP contribution in [0.25, 0.3) is 0 Å². The Morgan fingerprint density at radius 1 is 1.20 bits per heavy atom. The lowest BCUT2D eigenvalue weighted by atomic mass is 9.98. The standard InChI is InChI=1S/C19H38N4O2/c1-5-7-13-20-19(22-15-18(24)23(3)4)21-14-12-17(25-6-2)16-10-8-9-11-16/h16-17H,5-15H2,1-4H3,(H2,20,21,22). The molecule has 2 N–H and O–H groups in total. The zero-order chi connectivity index (χ0) is 18.5. The Balaban J connectivity index is 2.48. The molecule has 1 fully saturated rings. The maximum atomic E-state index is 11.8. The molecule has 25 heavy (non-hydrogen) atoms. The Kier molecular flexibility index (Phi) is 11.3. The summed E-state index contributed by atoms with van der Waals surface area (Å²) in [5.74, 6) is 1.44. The highest BCUT2D eigenvalue weighted by Gasteiger charge is 2.25. The van der Waals surface area contributed by atoms with E-state index in [0.29, 0.717) is 12.0 Å². The molecule has 0 aromatic rings. The molecule has 1 unspecified atom stereocenters. The number of amides is 1. The molecule has 0 bridgehead atoms. The van der Waals surface area contributed by atoms with Crippen LogP contribution in [0, 0.1) is 5.92 Å². The number of hydrogen-bond acceptors (Lipinski definition) is 3. The number of nitrogens with zero attached hydrogens (tertiary/aromatic N) is 2. The second kappa shape index (κ2) is 13.0. The first-order valence-corrected chi connectivity index (χ1v) is 9.92. The van der Waals surface area contributed by atoms with Crippen molar-refractivity contribution < 1.29 is 9.53 Å². The number of hydrogen-bond donors (Lipinski definition) is 2. The third-order valence-electron chi connectivity index (χ3n) is 4.72. The summed E-state index contributed by atoms with van der Waals surface area (Å²) in [7, 11) is 3.51. The van der Waals surface area contributed by atoms with Crippen LogP contribution in [0.15, 0.2) is 4.99 Å². The van der Waals surface area contributed by atoms with Gasteiger partial charge < -0.3 is 20.3 Å². The van der Waals surface area contributed by atoms with E-state index in [1.165, 1.54) is 25.7 Å². The van der Waals surface area contributed by atoms with Crippen molar-refractivity contribution in [1.29, 1.82) is 0 Å². The highest BCUT2D eigenvalue weighted by atomic mass is 16.5. The molecule has 1 rings (SSSR count). The summed E-state index contributed by atoms with van der Waals surface area (Å²) in [6.45, 7) is 6.86. The zero-order valence-electron chi connectivity index (χ0n) is 16.6. The van der Waals surface area contributed by atoms with Crippen molar-refractivity contribution >= 4 is 11.9 Å². The second-order valence-corrected chi connectivity index (χ2v) is 6.99. The molecule has 0 aliphatic heterocycles. The van der Waals surface area contributed by atoms with Crippen LogP contribution in [0.1, 0.15) is 58.8 Å². The number of rotatable bonds is 11. The van der Waals surface area contributed by atoms with Crippen LogP contribution in [-0.2, 0) is 9.53 Å². The number of guanidine groups is 1. The number of likely N-dealkylation sites (N-methyl/N-ethyl adjacent to an activating group) is 1. The summed E-state index contributed by atoms with van der Waals surface area (Å²) in [5, 5.41) is 6.69. The predicted octanol–water partition coefficient (Wildman–Crippen LogP) is 2.40. The Bertz CT molecular complexity index is 393. The Morgan fingerprint density at radius 3 is 2.48 bits per heavy atom. The average Bonchev–Trinajstić information content (AvgIpc) is 3.12. The van der Waals surface area contributed by atoms with Crippen molar-refractivity contribution in [3.05, 3.63) is 0 Å². The minimum Gasteiger partial charge on any atom is -0.378 e. The van der Waals surface area contributed by atoms with Crippen molar-refractivity contribution in [3.8, 4) is 0 Å². The van der Waals surface area contributed by atoms with Crippen molar-refractivity contribution in [1.82, 2.24) is 15.5 Å². The van der Waals surface area contributed by atoms with E-state index in [9.17, 15) is 4.79 Å². The summed E-state index contributed by atoms with van der Waals surface area (Å²) >= 11 is 0. The molecule has 6 heteroatoms. The van der Waals surface area contributed by atoms with Gasteiger partial charge in [0.1, 0.15) is 6.54 Å². The van der Waals surface area contributed by atoms with Gasteiger partial charge in [0, 0.05) is 33.8 Å². The van der Waals surface area contributed by atoms with Crippen molar-refractivity contribution in [2.75, 3.05) is 40.3 Å². The van der Waals surface area contributed by atoms with Gasteiger partial charge in [0.15, 0.2) is 5.96 Å². The highest BCUT2D eigenvalue weighted by Crippen LogP contribution is 2.30. The minimum absolute atomic E-state index is 0.00902. The van der Waals surface area contributed by atoms with Crippen LogP contribution in [-0.4, -0.2) is 63.2 Å². The third kappa shape index (κ3) is 9.10. The fourth-order valence-electron chi connectivity index (χ4n) is 3.18. The molecule has 0 heterocycles. The molecule has 1 aliphatic rings. The number of aliphatic imine (C=N–C) groups is 1. The van der Waals surface area contributed by atoms with Crippen LogP contribution in [0.3, 0.4) is 0 Å². The summed E-state index contributed by atoms with van der Waals surface area (Å²) in [4.78, 5) is 17.7.